The van der Waals surface area contributed by atoms with Crippen molar-refractivity contribution in [1.29, 1.82) is 0 Å². The van der Waals surface area contributed by atoms with E-state index in [-0.39, 0.29) is 35.5 Å². The van der Waals surface area contributed by atoms with Crippen LogP contribution in [0.3, 0.4) is 0 Å². The van der Waals surface area contributed by atoms with Gasteiger partial charge in [0.25, 0.3) is 0 Å². The van der Waals surface area contributed by atoms with Crippen LogP contribution in [-0.4, -0.2) is 49.7 Å². The van der Waals surface area contributed by atoms with Crippen LogP contribution in [-0.2, 0) is 24.9 Å². The molecular weight excluding hydrogens is 678 g/mol. The molecule has 208 valence electrons. The number of aliphatic hydroxyl groups is 1. The zero-order valence-corrected chi connectivity index (χ0v) is 25.1. The normalized spacial score (nSPS) is 17.6. The SMILES string of the molecule is CS(=O)(=O)OC1c2ccccc2[Se]Cc2c1ccc(F)c2F.OC1c2ccccc2[Se]Cc2c1ccc(F)c2F. The first-order chi connectivity index (χ1) is 19.0. The van der Waals surface area contributed by atoms with Crippen molar-refractivity contribution in [2.24, 2.45) is 0 Å². The van der Waals surface area contributed by atoms with Gasteiger partial charge in [0.1, 0.15) is 0 Å². The zero-order chi connectivity index (χ0) is 28.6. The summed E-state index contributed by atoms with van der Waals surface area (Å²) in [6.45, 7) is 0. The second kappa shape index (κ2) is 11.8. The van der Waals surface area contributed by atoms with Gasteiger partial charge in [-0.15, -0.1) is 0 Å². The molecule has 0 bridgehead atoms. The molecule has 0 amide bonds. The van der Waals surface area contributed by atoms with Gasteiger partial charge in [-0.2, -0.15) is 0 Å². The molecule has 0 aliphatic carbocycles. The van der Waals surface area contributed by atoms with Gasteiger partial charge in [-0.05, 0) is 0 Å². The Morgan fingerprint density at radius 3 is 1.75 bits per heavy atom. The summed E-state index contributed by atoms with van der Waals surface area (Å²) >= 11 is -0.118. The average Bonchev–Trinajstić information content (AvgIpc) is 3.17. The van der Waals surface area contributed by atoms with E-state index in [1.165, 1.54) is 12.1 Å². The van der Waals surface area contributed by atoms with E-state index in [9.17, 15) is 31.1 Å². The van der Waals surface area contributed by atoms with Crippen molar-refractivity contribution in [3.05, 3.63) is 129 Å². The molecule has 11 heteroatoms. The summed E-state index contributed by atoms with van der Waals surface area (Å²) in [5, 5.41) is 11.2. The van der Waals surface area contributed by atoms with Gasteiger partial charge >= 0.3 is 243 Å². The standard InChI is InChI=1S/C15H12F2O3SSe.C14H10F2OSe/c1-21(18,19)20-15-9-6-7-12(16)14(17)11(9)8-22-13-5-3-2-4-10(13)15;15-11-6-5-8-10(13(11)16)7-18-12-4-2-1-3-9(12)14(8)17/h2-7,15H,8H2,1H3;1-6,14,17H,7H2. The van der Waals surface area contributed by atoms with Crippen LogP contribution < -0.4 is 8.92 Å². The second-order valence-corrected chi connectivity index (χ2v) is 15.0. The van der Waals surface area contributed by atoms with Gasteiger partial charge in [-0.25, -0.2) is 0 Å². The molecular formula is C29H22F4O4SSe2. The zero-order valence-electron chi connectivity index (χ0n) is 20.9. The van der Waals surface area contributed by atoms with Gasteiger partial charge in [0.2, 0.25) is 0 Å². The fraction of sp³-hybridized carbons (Fsp3) is 0.172. The predicted octanol–water partition coefficient (Wildman–Crippen LogP) is 3.76. The molecule has 2 aliphatic heterocycles. The van der Waals surface area contributed by atoms with Gasteiger partial charge in [0.05, 0.1) is 0 Å². The minimum absolute atomic E-state index is 0.0114. The van der Waals surface area contributed by atoms with Crippen molar-refractivity contribution in [3.63, 3.8) is 0 Å². The Morgan fingerprint density at radius 2 is 1.18 bits per heavy atom. The molecule has 0 radical (unpaired) electrons. The Labute approximate surface area is 241 Å². The number of benzene rings is 4. The Hall–Kier alpha value is -2.49. The van der Waals surface area contributed by atoms with E-state index in [0.29, 0.717) is 32.9 Å². The third-order valence-electron chi connectivity index (χ3n) is 6.47. The van der Waals surface area contributed by atoms with Crippen LogP contribution >= 0.6 is 0 Å². The molecule has 2 atom stereocenters. The Balaban J connectivity index is 0.000000164. The molecule has 40 heavy (non-hydrogen) atoms. The van der Waals surface area contributed by atoms with Crippen LogP contribution in [0.1, 0.15) is 45.6 Å². The topological polar surface area (TPSA) is 63.6 Å². The van der Waals surface area contributed by atoms with Crippen LogP contribution in [0.25, 0.3) is 0 Å². The molecule has 0 spiro atoms. The number of hydrogen-bond acceptors (Lipinski definition) is 4. The number of rotatable bonds is 2. The summed E-state index contributed by atoms with van der Waals surface area (Å²) in [5.74, 6) is -3.52. The molecule has 0 saturated carbocycles. The van der Waals surface area contributed by atoms with Crippen molar-refractivity contribution < 1.29 is 35.3 Å². The molecule has 2 unspecified atom stereocenters. The van der Waals surface area contributed by atoms with Crippen LogP contribution in [0.15, 0.2) is 72.8 Å². The fourth-order valence-corrected chi connectivity index (χ4v) is 9.81. The summed E-state index contributed by atoms with van der Waals surface area (Å²) in [6, 6.07) is 19.8. The number of fused-ring (bicyclic) bond motifs is 4. The third kappa shape index (κ3) is 5.92. The van der Waals surface area contributed by atoms with Crippen LogP contribution in [0.4, 0.5) is 17.6 Å². The van der Waals surface area contributed by atoms with Gasteiger partial charge in [-0.3, -0.25) is 0 Å². The van der Waals surface area contributed by atoms with Crippen molar-refractivity contribution in [2.75, 3.05) is 6.26 Å². The van der Waals surface area contributed by atoms with Crippen molar-refractivity contribution >= 4 is 49.0 Å². The Bertz CT molecular complexity index is 1700. The van der Waals surface area contributed by atoms with Gasteiger partial charge < -0.3 is 0 Å². The fourth-order valence-electron chi connectivity index (χ4n) is 4.59. The van der Waals surface area contributed by atoms with Crippen molar-refractivity contribution in [1.82, 2.24) is 0 Å². The summed E-state index contributed by atoms with van der Waals surface area (Å²) < 4.78 is 85.0. The Kier molecular flexibility index (Phi) is 8.55. The average molecular weight is 700 g/mol. The van der Waals surface area contributed by atoms with Crippen LogP contribution in [0, 0.1) is 23.3 Å². The molecule has 4 aromatic carbocycles. The van der Waals surface area contributed by atoms with Gasteiger partial charge in [0.15, 0.2) is 0 Å². The van der Waals surface area contributed by atoms with Gasteiger partial charge in [-0.1, -0.05) is 0 Å². The van der Waals surface area contributed by atoms with Gasteiger partial charge in [0, 0.05) is 0 Å². The quantitative estimate of drug-likeness (QED) is 0.197. The minimum atomic E-state index is -3.76. The first-order valence-corrected chi connectivity index (χ1v) is 17.9. The second-order valence-electron chi connectivity index (χ2n) is 9.09. The monoisotopic (exact) mass is 702 g/mol. The summed E-state index contributed by atoms with van der Waals surface area (Å²) in [4.78, 5) is 0. The first-order valence-electron chi connectivity index (χ1n) is 12.0. The van der Waals surface area contributed by atoms with Crippen LogP contribution in [0.2, 0.25) is 0 Å². The Morgan fingerprint density at radius 1 is 0.700 bits per heavy atom. The van der Waals surface area contributed by atoms with E-state index in [1.807, 2.05) is 36.4 Å². The molecule has 2 heterocycles. The molecule has 0 fully saturated rings. The predicted molar refractivity (Wildman–Crippen MR) is 146 cm³/mol. The van der Waals surface area contributed by atoms with E-state index < -0.39 is 45.6 Å². The maximum absolute atomic E-state index is 14.1. The maximum atomic E-state index is 14.1. The summed E-state index contributed by atoms with van der Waals surface area (Å²) in [5.41, 5.74) is 2.88. The van der Waals surface area contributed by atoms with E-state index in [1.54, 1.807) is 12.1 Å². The van der Waals surface area contributed by atoms with Crippen molar-refractivity contribution in [3.8, 4) is 0 Å². The first kappa shape index (κ1) is 29.0. The third-order valence-corrected chi connectivity index (χ3v) is 11.7. The van der Waals surface area contributed by atoms with E-state index >= 15 is 0 Å². The molecule has 4 nitrogen and oxygen atoms in total. The summed E-state index contributed by atoms with van der Waals surface area (Å²) in [6.07, 6.45) is -0.859. The number of halogens is 4. The van der Waals surface area contributed by atoms with E-state index in [4.69, 9.17) is 4.18 Å². The summed E-state index contributed by atoms with van der Waals surface area (Å²) in [7, 11) is -3.76. The number of hydrogen-bond donors (Lipinski definition) is 1. The molecule has 0 aromatic heterocycles. The van der Waals surface area contributed by atoms with Crippen LogP contribution in [0.5, 0.6) is 0 Å². The molecule has 6 rings (SSSR count). The molecule has 0 saturated heterocycles. The molecule has 2 aliphatic rings. The van der Waals surface area contributed by atoms with Crippen molar-refractivity contribution in [2.45, 2.75) is 22.8 Å². The molecule has 1 N–H and O–H groups in total. The number of aliphatic hydroxyl groups excluding tert-OH is 1. The van der Waals surface area contributed by atoms with E-state index in [2.05, 4.69) is 0 Å². The van der Waals surface area contributed by atoms with E-state index in [0.717, 1.165) is 32.9 Å². The molecule has 4 aromatic rings.